The Hall–Kier alpha value is -0.120. The number of hydrogen-bond acceptors (Lipinski definition) is 3. The van der Waals surface area contributed by atoms with Crippen LogP contribution in [0.25, 0.3) is 0 Å². The Kier molecular flexibility index (Phi) is 4.58. The van der Waals surface area contributed by atoms with E-state index in [1.165, 1.54) is 44.9 Å². The molecule has 0 aromatic rings. The van der Waals surface area contributed by atoms with Crippen molar-refractivity contribution >= 4 is 0 Å². The van der Waals surface area contributed by atoms with Crippen molar-refractivity contribution in [3.05, 3.63) is 0 Å². The molecular formula is C27H44O3. The molecular weight excluding hydrogens is 372 g/mol. The summed E-state index contributed by atoms with van der Waals surface area (Å²) in [5.41, 5.74) is 0.899. The second-order valence-electron chi connectivity index (χ2n) is 13.1. The van der Waals surface area contributed by atoms with Gasteiger partial charge in [-0.15, -0.1) is 0 Å². The van der Waals surface area contributed by atoms with Crippen LogP contribution in [0.4, 0.5) is 0 Å². The molecule has 6 rings (SSSR count). The van der Waals surface area contributed by atoms with Crippen molar-refractivity contribution in [2.75, 3.05) is 6.61 Å². The Morgan fingerprint density at radius 2 is 1.63 bits per heavy atom. The van der Waals surface area contributed by atoms with Gasteiger partial charge >= 0.3 is 0 Å². The van der Waals surface area contributed by atoms with E-state index in [1.54, 1.807) is 0 Å². The summed E-state index contributed by atoms with van der Waals surface area (Å²) in [7, 11) is 0. The fourth-order valence-corrected chi connectivity index (χ4v) is 10.3. The van der Waals surface area contributed by atoms with Gasteiger partial charge in [-0.25, -0.2) is 0 Å². The van der Waals surface area contributed by atoms with Crippen LogP contribution in [0.1, 0.15) is 91.9 Å². The number of aliphatic hydroxyl groups excluding tert-OH is 1. The lowest BCUT2D eigenvalue weighted by Gasteiger charge is -2.61. The molecule has 6 fully saturated rings. The number of rotatable bonds is 0. The topological polar surface area (TPSA) is 38.7 Å². The van der Waals surface area contributed by atoms with Gasteiger partial charge in [0.05, 0.1) is 18.8 Å². The Morgan fingerprint density at radius 3 is 2.40 bits per heavy atom. The summed E-state index contributed by atoms with van der Waals surface area (Å²) < 4.78 is 13.4. The van der Waals surface area contributed by atoms with E-state index < -0.39 is 0 Å². The monoisotopic (exact) mass is 416 g/mol. The van der Waals surface area contributed by atoms with Gasteiger partial charge in [-0.05, 0) is 104 Å². The highest BCUT2D eigenvalue weighted by Crippen LogP contribution is 2.71. The summed E-state index contributed by atoms with van der Waals surface area (Å²) in [6, 6.07) is 0. The molecule has 1 spiro atoms. The average Bonchev–Trinajstić information content (AvgIpc) is 3.16. The van der Waals surface area contributed by atoms with Crippen molar-refractivity contribution in [1.29, 1.82) is 0 Å². The van der Waals surface area contributed by atoms with Crippen LogP contribution >= 0.6 is 0 Å². The molecule has 0 radical (unpaired) electrons. The van der Waals surface area contributed by atoms with Gasteiger partial charge in [-0.2, -0.15) is 0 Å². The molecule has 3 nitrogen and oxygen atoms in total. The zero-order valence-electron chi connectivity index (χ0n) is 19.7. The summed E-state index contributed by atoms with van der Waals surface area (Å²) in [6.07, 6.45) is 12.9. The third kappa shape index (κ3) is 2.61. The molecule has 3 heteroatoms. The lowest BCUT2D eigenvalue weighted by molar-refractivity contribution is -0.273. The van der Waals surface area contributed by atoms with E-state index in [2.05, 4.69) is 27.7 Å². The van der Waals surface area contributed by atoms with Gasteiger partial charge < -0.3 is 14.6 Å². The lowest BCUT2D eigenvalue weighted by atomic mass is 9.44. The first kappa shape index (κ1) is 20.5. The van der Waals surface area contributed by atoms with Gasteiger partial charge in [0.15, 0.2) is 5.79 Å². The van der Waals surface area contributed by atoms with E-state index in [0.29, 0.717) is 34.7 Å². The average molecular weight is 417 g/mol. The molecule has 6 aliphatic rings. The van der Waals surface area contributed by atoms with E-state index in [0.717, 1.165) is 49.5 Å². The van der Waals surface area contributed by atoms with E-state index in [9.17, 15) is 5.11 Å². The van der Waals surface area contributed by atoms with Gasteiger partial charge in [0.2, 0.25) is 0 Å². The Labute approximate surface area is 183 Å². The maximum Gasteiger partial charge on any atom is 0.171 e. The van der Waals surface area contributed by atoms with Gasteiger partial charge in [0.1, 0.15) is 0 Å². The smallest absolute Gasteiger partial charge is 0.171 e. The highest BCUT2D eigenvalue weighted by Gasteiger charge is 2.69. The molecule has 2 aliphatic heterocycles. The zero-order chi connectivity index (χ0) is 20.9. The van der Waals surface area contributed by atoms with Gasteiger partial charge in [0, 0.05) is 12.3 Å². The summed E-state index contributed by atoms with van der Waals surface area (Å²) >= 11 is 0. The molecule has 12 atom stereocenters. The Balaban J connectivity index is 1.26. The van der Waals surface area contributed by atoms with E-state index >= 15 is 0 Å². The van der Waals surface area contributed by atoms with E-state index in [4.69, 9.17) is 9.47 Å². The molecule has 30 heavy (non-hydrogen) atoms. The number of fused-ring (bicyclic) bond motifs is 7. The summed E-state index contributed by atoms with van der Waals surface area (Å²) in [5, 5.41) is 10.3. The molecule has 2 saturated heterocycles. The van der Waals surface area contributed by atoms with E-state index in [1.807, 2.05) is 0 Å². The van der Waals surface area contributed by atoms with Gasteiger partial charge in [0.25, 0.3) is 0 Å². The minimum atomic E-state index is -0.282. The van der Waals surface area contributed by atoms with Crippen LogP contribution in [-0.2, 0) is 9.47 Å². The molecule has 1 N–H and O–H groups in total. The normalized spacial score (nSPS) is 62.5. The van der Waals surface area contributed by atoms with Crippen molar-refractivity contribution < 1.29 is 14.6 Å². The van der Waals surface area contributed by atoms with Crippen molar-refractivity contribution in [3.8, 4) is 0 Å². The van der Waals surface area contributed by atoms with Crippen LogP contribution in [0.3, 0.4) is 0 Å². The molecule has 4 saturated carbocycles. The summed E-state index contributed by atoms with van der Waals surface area (Å²) in [5.74, 6) is 4.93. The van der Waals surface area contributed by atoms with Crippen LogP contribution in [-0.4, -0.2) is 29.7 Å². The molecule has 0 amide bonds. The summed E-state index contributed by atoms with van der Waals surface area (Å²) in [4.78, 5) is 0. The van der Waals surface area contributed by atoms with Crippen LogP contribution in [0, 0.1) is 52.3 Å². The minimum absolute atomic E-state index is 0.0389. The van der Waals surface area contributed by atoms with Crippen molar-refractivity contribution in [2.45, 2.75) is 110 Å². The van der Waals surface area contributed by atoms with Crippen molar-refractivity contribution in [3.63, 3.8) is 0 Å². The maximum atomic E-state index is 10.3. The third-order valence-electron chi connectivity index (χ3n) is 11.9. The quantitative estimate of drug-likeness (QED) is 0.543. The number of hydrogen-bond donors (Lipinski definition) is 1. The molecule has 0 bridgehead atoms. The van der Waals surface area contributed by atoms with Crippen molar-refractivity contribution in [1.82, 2.24) is 0 Å². The highest BCUT2D eigenvalue weighted by molar-refractivity contribution is 5.15. The first-order valence-electron chi connectivity index (χ1n) is 13.3. The second kappa shape index (κ2) is 6.70. The van der Waals surface area contributed by atoms with Crippen LogP contribution in [0.2, 0.25) is 0 Å². The minimum Gasteiger partial charge on any atom is -0.393 e. The molecule has 0 aromatic heterocycles. The fourth-order valence-electron chi connectivity index (χ4n) is 10.3. The summed E-state index contributed by atoms with van der Waals surface area (Å²) in [6.45, 7) is 10.9. The van der Waals surface area contributed by atoms with Crippen LogP contribution in [0.5, 0.6) is 0 Å². The molecule has 4 aliphatic carbocycles. The number of aliphatic hydroxyl groups is 1. The first-order chi connectivity index (χ1) is 14.3. The highest BCUT2D eigenvalue weighted by atomic mass is 16.7. The fraction of sp³-hybridized carbons (Fsp3) is 1.00. The molecule has 2 heterocycles. The van der Waals surface area contributed by atoms with Crippen LogP contribution < -0.4 is 0 Å². The predicted molar refractivity (Wildman–Crippen MR) is 118 cm³/mol. The molecule has 7 unspecified atom stereocenters. The first-order valence-corrected chi connectivity index (χ1v) is 13.3. The Bertz CT molecular complexity index is 684. The SMILES string of the molecule is CC1C2C(CC3C4CCC5C[C@@H](O)CC[C@]5(C)C4CC[C@@]32C)O[C@]12CC[C@@H](C)CO2. The number of ether oxygens (including phenoxy) is 2. The third-order valence-corrected chi connectivity index (χ3v) is 11.9. The standard InChI is InChI=1S/C27H44O3/c1-16-7-12-27(29-15-16)17(2)24-23(30-27)14-22-20-6-5-18-13-19(28)8-10-25(18,3)21(20)9-11-26(22,24)4/h16-24,28H,5-15H2,1-4H3/t16-,17?,18?,19+,20?,21?,22?,23?,24?,25+,26+,27-/m1/s1. The van der Waals surface area contributed by atoms with Gasteiger partial charge in [-0.1, -0.05) is 27.7 Å². The zero-order valence-corrected chi connectivity index (χ0v) is 19.7. The van der Waals surface area contributed by atoms with Crippen LogP contribution in [0.15, 0.2) is 0 Å². The molecule has 170 valence electrons. The second-order valence-corrected chi connectivity index (χ2v) is 13.1. The Morgan fingerprint density at radius 1 is 0.833 bits per heavy atom. The van der Waals surface area contributed by atoms with Crippen molar-refractivity contribution in [2.24, 2.45) is 52.3 Å². The van der Waals surface area contributed by atoms with E-state index in [-0.39, 0.29) is 11.9 Å². The van der Waals surface area contributed by atoms with Gasteiger partial charge in [-0.3, -0.25) is 0 Å². The largest absolute Gasteiger partial charge is 0.393 e. The predicted octanol–water partition coefficient (Wildman–Crippen LogP) is 5.79. The molecule has 0 aromatic carbocycles. The lowest BCUT2D eigenvalue weighted by Crippen LogP contribution is -2.55. The maximum absolute atomic E-state index is 10.3.